The topological polar surface area (TPSA) is 50.4 Å². The smallest absolute Gasteiger partial charge is 0.222 e. The predicted molar refractivity (Wildman–Crippen MR) is 71.4 cm³/mol. The van der Waals surface area contributed by atoms with Gasteiger partial charge < -0.3 is 15.4 Å². The molecule has 2 aliphatic rings. The Labute approximate surface area is 110 Å². The summed E-state index contributed by atoms with van der Waals surface area (Å²) in [6.45, 7) is 7.16. The molecule has 0 saturated carbocycles. The lowest BCUT2D eigenvalue weighted by molar-refractivity contribution is -0.123. The number of nitrogens with one attached hydrogen (secondary N) is 2. The summed E-state index contributed by atoms with van der Waals surface area (Å²) in [4.78, 5) is 11.8. The number of ether oxygens (including phenoxy) is 1. The lowest BCUT2D eigenvalue weighted by Gasteiger charge is -2.39. The minimum Gasteiger partial charge on any atom is -0.378 e. The van der Waals surface area contributed by atoms with Crippen LogP contribution in [0.1, 0.15) is 46.0 Å². The minimum atomic E-state index is 0.130. The fraction of sp³-hybridized carbons (Fsp3) is 0.929. The highest BCUT2D eigenvalue weighted by Gasteiger charge is 2.32. The molecule has 2 aliphatic heterocycles. The van der Waals surface area contributed by atoms with Crippen LogP contribution in [-0.4, -0.2) is 37.7 Å². The summed E-state index contributed by atoms with van der Waals surface area (Å²) in [6, 6.07) is 0.389. The fourth-order valence-corrected chi connectivity index (χ4v) is 2.92. The molecule has 0 aromatic heterocycles. The molecule has 2 atom stereocenters. The van der Waals surface area contributed by atoms with E-state index in [1.807, 2.05) is 0 Å². The van der Waals surface area contributed by atoms with Crippen LogP contribution in [-0.2, 0) is 9.53 Å². The molecule has 18 heavy (non-hydrogen) atoms. The molecule has 2 N–H and O–H groups in total. The molecule has 0 bridgehead atoms. The molecule has 2 fully saturated rings. The van der Waals surface area contributed by atoms with E-state index in [1.165, 1.54) is 12.8 Å². The highest BCUT2D eigenvalue weighted by atomic mass is 16.5. The van der Waals surface area contributed by atoms with Gasteiger partial charge in [0.1, 0.15) is 0 Å². The average molecular weight is 254 g/mol. The first-order valence-electron chi connectivity index (χ1n) is 7.19. The van der Waals surface area contributed by atoms with E-state index in [0.29, 0.717) is 12.5 Å². The first kappa shape index (κ1) is 13.8. The molecule has 0 aliphatic carbocycles. The number of carbonyl (C=O) groups excluding carboxylic acids is 1. The molecule has 0 aromatic rings. The third-order valence-electron chi connectivity index (χ3n) is 4.27. The Bertz CT molecular complexity index is 286. The van der Waals surface area contributed by atoms with Crippen molar-refractivity contribution >= 4 is 5.91 Å². The Balaban J connectivity index is 1.71. The lowest BCUT2D eigenvalue weighted by atomic mass is 9.77. The SMILES string of the molecule is CC1(C)CCCNC1CNC(=O)CC1CCCO1. The number of hydrogen-bond donors (Lipinski definition) is 2. The third kappa shape index (κ3) is 3.69. The van der Waals surface area contributed by atoms with Crippen LogP contribution in [0, 0.1) is 5.41 Å². The third-order valence-corrected chi connectivity index (χ3v) is 4.27. The second kappa shape index (κ2) is 6.02. The zero-order valence-corrected chi connectivity index (χ0v) is 11.6. The van der Waals surface area contributed by atoms with Gasteiger partial charge in [-0.1, -0.05) is 13.8 Å². The van der Waals surface area contributed by atoms with E-state index in [1.54, 1.807) is 0 Å². The molecular formula is C14H26N2O2. The van der Waals surface area contributed by atoms with Crippen molar-refractivity contribution in [3.63, 3.8) is 0 Å². The van der Waals surface area contributed by atoms with Gasteiger partial charge in [-0.3, -0.25) is 4.79 Å². The second-order valence-corrected chi connectivity index (χ2v) is 6.24. The first-order chi connectivity index (χ1) is 8.58. The standard InChI is InChI=1S/C14H26N2O2/c1-14(2)6-4-7-15-12(14)10-16-13(17)9-11-5-3-8-18-11/h11-12,15H,3-10H2,1-2H3,(H,16,17). The monoisotopic (exact) mass is 254 g/mol. The van der Waals surface area contributed by atoms with Gasteiger partial charge in [-0.05, 0) is 37.6 Å². The molecule has 0 spiro atoms. The molecule has 2 unspecified atom stereocenters. The van der Waals surface area contributed by atoms with Gasteiger partial charge in [-0.25, -0.2) is 0 Å². The molecular weight excluding hydrogens is 228 g/mol. The fourth-order valence-electron chi connectivity index (χ4n) is 2.92. The van der Waals surface area contributed by atoms with Gasteiger partial charge in [-0.2, -0.15) is 0 Å². The van der Waals surface area contributed by atoms with Crippen LogP contribution in [0.4, 0.5) is 0 Å². The van der Waals surface area contributed by atoms with Gasteiger partial charge in [0.25, 0.3) is 0 Å². The summed E-state index contributed by atoms with van der Waals surface area (Å²) in [7, 11) is 0. The first-order valence-corrected chi connectivity index (χ1v) is 7.19. The predicted octanol–water partition coefficient (Wildman–Crippen LogP) is 1.45. The number of piperidine rings is 1. The summed E-state index contributed by atoms with van der Waals surface area (Å²) >= 11 is 0. The molecule has 4 heteroatoms. The second-order valence-electron chi connectivity index (χ2n) is 6.24. The number of amides is 1. The summed E-state index contributed by atoms with van der Waals surface area (Å²) in [5, 5.41) is 6.57. The van der Waals surface area contributed by atoms with Crippen molar-refractivity contribution in [1.29, 1.82) is 0 Å². The van der Waals surface area contributed by atoms with E-state index in [-0.39, 0.29) is 17.4 Å². The van der Waals surface area contributed by atoms with Crippen LogP contribution >= 0.6 is 0 Å². The largest absolute Gasteiger partial charge is 0.378 e. The van der Waals surface area contributed by atoms with Crippen LogP contribution in [0.25, 0.3) is 0 Å². The highest BCUT2D eigenvalue weighted by molar-refractivity contribution is 5.76. The summed E-state index contributed by atoms with van der Waals surface area (Å²) < 4.78 is 5.48. The Kier molecular flexibility index (Phi) is 4.62. The van der Waals surface area contributed by atoms with E-state index in [9.17, 15) is 4.79 Å². The van der Waals surface area contributed by atoms with Crippen LogP contribution in [0.5, 0.6) is 0 Å². The number of rotatable bonds is 4. The Morgan fingerprint density at radius 2 is 2.28 bits per heavy atom. The van der Waals surface area contributed by atoms with Gasteiger partial charge >= 0.3 is 0 Å². The van der Waals surface area contributed by atoms with E-state index in [4.69, 9.17) is 4.74 Å². The normalized spacial score (nSPS) is 31.2. The van der Waals surface area contributed by atoms with Gasteiger partial charge in [-0.15, -0.1) is 0 Å². The van der Waals surface area contributed by atoms with Crippen molar-refractivity contribution in [3.05, 3.63) is 0 Å². The zero-order chi connectivity index (χ0) is 13.0. The molecule has 4 nitrogen and oxygen atoms in total. The van der Waals surface area contributed by atoms with E-state index >= 15 is 0 Å². The van der Waals surface area contributed by atoms with Crippen molar-refractivity contribution in [2.24, 2.45) is 5.41 Å². The van der Waals surface area contributed by atoms with Gasteiger partial charge in [0.2, 0.25) is 5.91 Å². The molecule has 2 heterocycles. The number of carbonyl (C=O) groups is 1. The molecule has 104 valence electrons. The maximum Gasteiger partial charge on any atom is 0.222 e. The van der Waals surface area contributed by atoms with Gasteiger partial charge in [0.05, 0.1) is 12.5 Å². The van der Waals surface area contributed by atoms with Gasteiger partial charge in [0, 0.05) is 19.2 Å². The highest BCUT2D eigenvalue weighted by Crippen LogP contribution is 2.29. The van der Waals surface area contributed by atoms with Crippen LogP contribution < -0.4 is 10.6 Å². The molecule has 0 radical (unpaired) electrons. The van der Waals surface area contributed by atoms with Crippen molar-refractivity contribution < 1.29 is 9.53 Å². The summed E-state index contributed by atoms with van der Waals surface area (Å²) in [5.74, 6) is 0.130. The quantitative estimate of drug-likeness (QED) is 0.798. The molecule has 1 amide bonds. The Morgan fingerprint density at radius 3 is 2.94 bits per heavy atom. The maximum absolute atomic E-state index is 11.8. The number of hydrogen-bond acceptors (Lipinski definition) is 3. The molecule has 2 saturated heterocycles. The summed E-state index contributed by atoms with van der Waals surface area (Å²) in [6.07, 6.45) is 5.25. The van der Waals surface area contributed by atoms with E-state index < -0.39 is 0 Å². The van der Waals surface area contributed by atoms with Crippen molar-refractivity contribution in [1.82, 2.24) is 10.6 Å². The zero-order valence-electron chi connectivity index (χ0n) is 11.6. The Hall–Kier alpha value is -0.610. The van der Waals surface area contributed by atoms with E-state index in [0.717, 1.165) is 32.5 Å². The minimum absolute atomic E-state index is 0.130. The average Bonchev–Trinajstić information content (AvgIpc) is 2.80. The van der Waals surface area contributed by atoms with Crippen molar-refractivity contribution in [2.75, 3.05) is 19.7 Å². The van der Waals surface area contributed by atoms with E-state index in [2.05, 4.69) is 24.5 Å². The van der Waals surface area contributed by atoms with Crippen LogP contribution in [0.15, 0.2) is 0 Å². The van der Waals surface area contributed by atoms with Crippen LogP contribution in [0.3, 0.4) is 0 Å². The van der Waals surface area contributed by atoms with Gasteiger partial charge in [0.15, 0.2) is 0 Å². The van der Waals surface area contributed by atoms with Crippen molar-refractivity contribution in [2.45, 2.75) is 58.1 Å². The summed E-state index contributed by atoms with van der Waals surface area (Å²) in [5.41, 5.74) is 0.273. The lowest BCUT2D eigenvalue weighted by Crippen LogP contribution is -2.53. The van der Waals surface area contributed by atoms with Crippen molar-refractivity contribution in [3.8, 4) is 0 Å². The Morgan fingerprint density at radius 1 is 1.44 bits per heavy atom. The van der Waals surface area contributed by atoms with Crippen LogP contribution in [0.2, 0.25) is 0 Å². The maximum atomic E-state index is 11.8. The molecule has 0 aromatic carbocycles. The molecule has 2 rings (SSSR count).